The largest absolute Gasteiger partial charge is 0.465 e. The Balaban J connectivity index is 2.83. The summed E-state index contributed by atoms with van der Waals surface area (Å²) in [5, 5.41) is 2.44. The molecule has 0 aliphatic rings. The predicted molar refractivity (Wildman–Crippen MR) is 53.8 cm³/mol. The van der Waals surface area contributed by atoms with Crippen molar-refractivity contribution in [3.63, 3.8) is 0 Å². The topological polar surface area (TPSA) is 64.6 Å². The van der Waals surface area contributed by atoms with Crippen LogP contribution in [0.1, 0.15) is 10.4 Å². The van der Waals surface area contributed by atoms with E-state index in [1.54, 1.807) is 18.2 Å². The van der Waals surface area contributed by atoms with Gasteiger partial charge in [-0.2, -0.15) is 0 Å². The highest BCUT2D eigenvalue weighted by atomic mass is 16.5. The fourth-order valence-corrected chi connectivity index (χ4v) is 1.01. The van der Waals surface area contributed by atoms with E-state index < -0.39 is 12.1 Å². The fourth-order valence-electron chi connectivity index (χ4n) is 1.01. The first-order chi connectivity index (χ1) is 7.17. The van der Waals surface area contributed by atoms with Gasteiger partial charge in [-0.25, -0.2) is 9.59 Å². The van der Waals surface area contributed by atoms with Crippen LogP contribution in [0.2, 0.25) is 0 Å². The van der Waals surface area contributed by atoms with E-state index >= 15 is 0 Å². The minimum atomic E-state index is -0.586. The first-order valence-electron chi connectivity index (χ1n) is 4.20. The van der Waals surface area contributed by atoms with Gasteiger partial charge in [-0.05, 0) is 18.2 Å². The number of amides is 1. The molecule has 0 aromatic heterocycles. The molecule has 1 aromatic carbocycles. The molecule has 0 fully saturated rings. The highest BCUT2D eigenvalue weighted by molar-refractivity contribution is 5.92. The van der Waals surface area contributed by atoms with Gasteiger partial charge in [-0.15, -0.1) is 0 Å². The van der Waals surface area contributed by atoms with Crippen LogP contribution in [-0.2, 0) is 9.47 Å². The van der Waals surface area contributed by atoms with Crippen molar-refractivity contribution in [2.75, 3.05) is 19.5 Å². The molecule has 5 heteroatoms. The van der Waals surface area contributed by atoms with Crippen molar-refractivity contribution in [3.05, 3.63) is 29.8 Å². The molecular formula is C10H11NO4. The maximum Gasteiger partial charge on any atom is 0.411 e. The standard InChI is InChI=1S/C10H11NO4/c1-14-9(12)7-4-3-5-8(6-7)11-10(13)15-2/h3-6H,1-2H3,(H,11,13). The third-order valence-corrected chi connectivity index (χ3v) is 1.72. The average Bonchev–Trinajstić information content (AvgIpc) is 2.28. The minimum Gasteiger partial charge on any atom is -0.465 e. The summed E-state index contributed by atoms with van der Waals surface area (Å²) in [6, 6.07) is 6.37. The third-order valence-electron chi connectivity index (χ3n) is 1.72. The number of rotatable bonds is 2. The van der Waals surface area contributed by atoms with E-state index in [0.717, 1.165) is 0 Å². The molecule has 0 heterocycles. The molecule has 1 aromatic rings. The van der Waals surface area contributed by atoms with E-state index in [0.29, 0.717) is 11.3 Å². The van der Waals surface area contributed by atoms with E-state index in [-0.39, 0.29) is 0 Å². The van der Waals surface area contributed by atoms with E-state index in [1.165, 1.54) is 20.3 Å². The van der Waals surface area contributed by atoms with Crippen molar-refractivity contribution in [3.8, 4) is 0 Å². The minimum absolute atomic E-state index is 0.367. The Morgan fingerprint density at radius 3 is 2.53 bits per heavy atom. The number of nitrogens with one attached hydrogen (secondary N) is 1. The van der Waals surface area contributed by atoms with Gasteiger partial charge in [-0.1, -0.05) is 6.07 Å². The summed E-state index contributed by atoms with van der Waals surface area (Å²) < 4.78 is 8.95. The number of hydrogen-bond donors (Lipinski definition) is 1. The maximum atomic E-state index is 11.2. The molecule has 0 saturated heterocycles. The second-order valence-electron chi connectivity index (χ2n) is 2.69. The van der Waals surface area contributed by atoms with E-state index in [9.17, 15) is 9.59 Å². The molecule has 1 amide bonds. The number of carbonyl (C=O) groups excluding carboxylic acids is 2. The first-order valence-corrected chi connectivity index (χ1v) is 4.20. The van der Waals surface area contributed by atoms with Crippen LogP contribution in [0.25, 0.3) is 0 Å². The van der Waals surface area contributed by atoms with Crippen LogP contribution < -0.4 is 5.32 Å². The van der Waals surface area contributed by atoms with Gasteiger partial charge in [0.05, 0.1) is 19.8 Å². The van der Waals surface area contributed by atoms with E-state index in [4.69, 9.17) is 0 Å². The molecule has 5 nitrogen and oxygen atoms in total. The molecule has 0 atom stereocenters. The molecule has 0 aliphatic carbocycles. The SMILES string of the molecule is COC(=O)Nc1cccc(C(=O)OC)c1. The van der Waals surface area contributed by atoms with Crippen LogP contribution in [0, 0.1) is 0 Å². The van der Waals surface area contributed by atoms with Gasteiger partial charge in [-0.3, -0.25) is 5.32 Å². The molecule has 80 valence electrons. The van der Waals surface area contributed by atoms with Crippen LogP contribution in [0.4, 0.5) is 10.5 Å². The summed E-state index contributed by atoms with van der Waals surface area (Å²) in [4.78, 5) is 22.0. The predicted octanol–water partition coefficient (Wildman–Crippen LogP) is 1.65. The maximum absolute atomic E-state index is 11.2. The number of hydrogen-bond acceptors (Lipinski definition) is 4. The highest BCUT2D eigenvalue weighted by Gasteiger charge is 2.06. The molecular weight excluding hydrogens is 198 g/mol. The second-order valence-corrected chi connectivity index (χ2v) is 2.69. The molecule has 0 unspecified atom stereocenters. The monoisotopic (exact) mass is 209 g/mol. The zero-order chi connectivity index (χ0) is 11.3. The van der Waals surface area contributed by atoms with Crippen molar-refractivity contribution in [1.29, 1.82) is 0 Å². The van der Waals surface area contributed by atoms with Crippen molar-refractivity contribution in [2.24, 2.45) is 0 Å². The number of ether oxygens (including phenoxy) is 2. The normalized spacial score (nSPS) is 9.20. The molecule has 1 rings (SSSR count). The Kier molecular flexibility index (Phi) is 3.68. The van der Waals surface area contributed by atoms with E-state index in [1.807, 2.05) is 0 Å². The molecule has 0 radical (unpaired) electrons. The summed E-state index contributed by atoms with van der Waals surface area (Å²) in [5.74, 6) is -0.455. The Morgan fingerprint density at radius 2 is 1.93 bits per heavy atom. The molecule has 0 spiro atoms. The van der Waals surface area contributed by atoms with Crippen LogP contribution in [0.5, 0.6) is 0 Å². The quantitative estimate of drug-likeness (QED) is 0.752. The van der Waals surface area contributed by atoms with Gasteiger partial charge in [0.1, 0.15) is 0 Å². The number of esters is 1. The Morgan fingerprint density at radius 1 is 1.20 bits per heavy atom. The Bertz CT molecular complexity index is 375. The van der Waals surface area contributed by atoms with Crippen molar-refractivity contribution in [1.82, 2.24) is 0 Å². The summed E-state index contributed by atoms with van der Waals surface area (Å²) in [6.45, 7) is 0. The molecule has 0 aliphatic heterocycles. The lowest BCUT2D eigenvalue weighted by molar-refractivity contribution is 0.0600. The zero-order valence-corrected chi connectivity index (χ0v) is 8.44. The lowest BCUT2D eigenvalue weighted by Crippen LogP contribution is -2.11. The molecule has 0 saturated carbocycles. The fraction of sp³-hybridized carbons (Fsp3) is 0.200. The van der Waals surface area contributed by atoms with Crippen LogP contribution in [0.3, 0.4) is 0 Å². The van der Waals surface area contributed by atoms with Gasteiger partial charge < -0.3 is 9.47 Å². The average molecular weight is 209 g/mol. The number of methoxy groups -OCH3 is 2. The van der Waals surface area contributed by atoms with Gasteiger partial charge in [0, 0.05) is 5.69 Å². The highest BCUT2D eigenvalue weighted by Crippen LogP contribution is 2.11. The van der Waals surface area contributed by atoms with Crippen LogP contribution >= 0.6 is 0 Å². The number of carbonyl (C=O) groups is 2. The number of benzene rings is 1. The third kappa shape index (κ3) is 2.98. The van der Waals surface area contributed by atoms with Gasteiger partial charge in [0.15, 0.2) is 0 Å². The molecule has 1 N–H and O–H groups in total. The summed E-state index contributed by atoms with van der Waals surface area (Å²) in [6.07, 6.45) is -0.586. The lowest BCUT2D eigenvalue weighted by atomic mass is 10.2. The van der Waals surface area contributed by atoms with Gasteiger partial charge >= 0.3 is 12.1 Å². The molecule has 15 heavy (non-hydrogen) atoms. The van der Waals surface area contributed by atoms with Crippen molar-refractivity contribution < 1.29 is 19.1 Å². The molecule has 0 bridgehead atoms. The Hall–Kier alpha value is -2.04. The Labute approximate surface area is 87.0 Å². The summed E-state index contributed by atoms with van der Waals surface area (Å²) in [7, 11) is 2.56. The second kappa shape index (κ2) is 4.99. The summed E-state index contributed by atoms with van der Waals surface area (Å²) >= 11 is 0. The van der Waals surface area contributed by atoms with Crippen LogP contribution in [-0.4, -0.2) is 26.3 Å². The van der Waals surface area contributed by atoms with Crippen molar-refractivity contribution >= 4 is 17.7 Å². The zero-order valence-electron chi connectivity index (χ0n) is 8.44. The van der Waals surface area contributed by atoms with Gasteiger partial charge in [0.2, 0.25) is 0 Å². The van der Waals surface area contributed by atoms with Gasteiger partial charge in [0.25, 0.3) is 0 Å². The first kappa shape index (κ1) is 11.0. The number of anilines is 1. The van der Waals surface area contributed by atoms with Crippen molar-refractivity contribution in [2.45, 2.75) is 0 Å². The lowest BCUT2D eigenvalue weighted by Gasteiger charge is -2.04. The van der Waals surface area contributed by atoms with E-state index in [2.05, 4.69) is 14.8 Å². The summed E-state index contributed by atoms with van der Waals surface area (Å²) in [5.41, 5.74) is 0.844. The van der Waals surface area contributed by atoms with Crippen LogP contribution in [0.15, 0.2) is 24.3 Å². The smallest absolute Gasteiger partial charge is 0.411 e.